The SMILES string of the molecule is C[N-]CCS(=O)(=O)O.[CH3-].[Cu+2]. The first-order valence-corrected chi connectivity index (χ1v) is 3.68. The first kappa shape index (κ1) is 16.8. The second-order valence-corrected chi connectivity index (χ2v) is 2.90. The molecule has 0 aliphatic rings. The number of hydrogen-bond donors (Lipinski definition) is 1. The van der Waals surface area contributed by atoms with Crippen molar-refractivity contribution in [2.45, 2.75) is 0 Å². The van der Waals surface area contributed by atoms with Gasteiger partial charge in [0.1, 0.15) is 0 Å². The molecular weight excluding hydrogens is 206 g/mol. The van der Waals surface area contributed by atoms with Crippen LogP contribution in [0, 0.1) is 7.43 Å². The summed E-state index contributed by atoms with van der Waals surface area (Å²) in [5, 5.41) is 3.48. The van der Waals surface area contributed by atoms with Crippen molar-refractivity contribution in [1.29, 1.82) is 0 Å². The van der Waals surface area contributed by atoms with Gasteiger partial charge in [0.25, 0.3) is 10.1 Å². The molecule has 0 heterocycles. The first-order chi connectivity index (χ1) is 3.56. The number of nitrogens with zero attached hydrogens (tertiary/aromatic N) is 1. The Balaban J connectivity index is -0.000000245. The molecule has 0 spiro atoms. The van der Waals surface area contributed by atoms with Gasteiger partial charge < -0.3 is 12.7 Å². The van der Waals surface area contributed by atoms with Gasteiger partial charge in [-0.3, -0.25) is 4.55 Å². The van der Waals surface area contributed by atoms with E-state index in [1.807, 2.05) is 0 Å². The van der Waals surface area contributed by atoms with Crippen LogP contribution >= 0.6 is 0 Å². The molecular formula is C4H11CuNO3S. The maximum atomic E-state index is 9.89. The zero-order valence-corrected chi connectivity index (χ0v) is 7.59. The third-order valence-corrected chi connectivity index (χ3v) is 1.27. The van der Waals surface area contributed by atoms with Gasteiger partial charge in [0, 0.05) is 0 Å². The van der Waals surface area contributed by atoms with E-state index >= 15 is 0 Å². The third-order valence-electron chi connectivity index (χ3n) is 0.573. The van der Waals surface area contributed by atoms with Crippen LogP contribution in [0.3, 0.4) is 0 Å². The average molecular weight is 217 g/mol. The molecule has 0 amide bonds. The second-order valence-electron chi connectivity index (χ2n) is 1.33. The van der Waals surface area contributed by atoms with E-state index in [1.54, 1.807) is 0 Å². The Labute approximate surface area is 72.6 Å². The molecule has 0 atom stereocenters. The normalized spacial score (nSPS) is 9.40. The number of hydrogen-bond acceptors (Lipinski definition) is 2. The molecule has 67 valence electrons. The fourth-order valence-electron chi connectivity index (χ4n) is 0.207. The van der Waals surface area contributed by atoms with Gasteiger partial charge in [-0.1, -0.05) is 0 Å². The molecule has 0 aromatic carbocycles. The summed E-state index contributed by atoms with van der Waals surface area (Å²) in [4.78, 5) is 0. The van der Waals surface area contributed by atoms with Gasteiger partial charge in [0.15, 0.2) is 0 Å². The van der Waals surface area contributed by atoms with Crippen molar-refractivity contribution in [3.8, 4) is 0 Å². The van der Waals surface area contributed by atoms with Crippen molar-refractivity contribution < 1.29 is 30.0 Å². The van der Waals surface area contributed by atoms with E-state index in [2.05, 4.69) is 5.32 Å². The van der Waals surface area contributed by atoms with Crippen molar-refractivity contribution in [1.82, 2.24) is 0 Å². The van der Waals surface area contributed by atoms with E-state index in [1.165, 1.54) is 7.05 Å². The van der Waals surface area contributed by atoms with Gasteiger partial charge in [-0.15, -0.1) is 6.54 Å². The fraction of sp³-hybridized carbons (Fsp3) is 0.750. The van der Waals surface area contributed by atoms with Crippen LogP contribution in [-0.4, -0.2) is 32.3 Å². The average Bonchev–Trinajstić information content (AvgIpc) is 1.59. The van der Waals surface area contributed by atoms with E-state index in [0.29, 0.717) is 0 Å². The second kappa shape index (κ2) is 7.50. The summed E-state index contributed by atoms with van der Waals surface area (Å²) in [6.45, 7) is 0.166. The maximum Gasteiger partial charge on any atom is 2.00 e. The summed E-state index contributed by atoms with van der Waals surface area (Å²) in [6.07, 6.45) is 0. The zero-order chi connectivity index (χ0) is 6.62. The smallest absolute Gasteiger partial charge is 0.664 e. The standard InChI is InChI=1S/C3H8NO3S.CH3.Cu/c1-4-2-3-8(5,6)7;;/h2-3H2,1H3,(H,5,6,7);1H3;/q2*-1;+2. The van der Waals surface area contributed by atoms with Gasteiger partial charge in [-0.05, 0) is 0 Å². The molecule has 0 rings (SSSR count). The molecule has 0 aromatic heterocycles. The van der Waals surface area contributed by atoms with E-state index in [9.17, 15) is 8.42 Å². The van der Waals surface area contributed by atoms with E-state index in [-0.39, 0.29) is 36.8 Å². The fourth-order valence-corrected chi connectivity index (χ4v) is 0.620. The van der Waals surface area contributed by atoms with Gasteiger partial charge in [0.2, 0.25) is 0 Å². The van der Waals surface area contributed by atoms with Crippen molar-refractivity contribution in [3.05, 3.63) is 12.7 Å². The van der Waals surface area contributed by atoms with Crippen molar-refractivity contribution >= 4 is 10.1 Å². The summed E-state index contributed by atoms with van der Waals surface area (Å²) in [6, 6.07) is 0. The summed E-state index contributed by atoms with van der Waals surface area (Å²) < 4.78 is 27.8. The number of rotatable bonds is 3. The van der Waals surface area contributed by atoms with Crippen LogP contribution in [0.2, 0.25) is 0 Å². The molecule has 6 heteroatoms. The molecule has 0 aromatic rings. The van der Waals surface area contributed by atoms with Crippen LogP contribution in [0.25, 0.3) is 5.32 Å². The summed E-state index contributed by atoms with van der Waals surface area (Å²) in [5.74, 6) is -0.274. The Hall–Kier alpha value is 0.389. The molecule has 1 radical (unpaired) electrons. The third kappa shape index (κ3) is 15.8. The maximum absolute atomic E-state index is 9.89. The Morgan fingerprint density at radius 2 is 1.90 bits per heavy atom. The van der Waals surface area contributed by atoms with Gasteiger partial charge in [-0.25, -0.2) is 0 Å². The van der Waals surface area contributed by atoms with Crippen molar-refractivity contribution in [2.75, 3.05) is 19.3 Å². The van der Waals surface area contributed by atoms with E-state index in [0.717, 1.165) is 0 Å². The van der Waals surface area contributed by atoms with Crippen LogP contribution in [0.4, 0.5) is 0 Å². The Morgan fingerprint density at radius 1 is 1.50 bits per heavy atom. The first-order valence-electron chi connectivity index (χ1n) is 2.07. The molecule has 4 nitrogen and oxygen atoms in total. The molecule has 0 fully saturated rings. The van der Waals surface area contributed by atoms with Crippen LogP contribution in [0.15, 0.2) is 0 Å². The molecule has 1 N–H and O–H groups in total. The summed E-state index contributed by atoms with van der Waals surface area (Å²) in [7, 11) is -2.29. The molecule has 0 saturated carbocycles. The Kier molecular flexibility index (Phi) is 12.6. The Bertz CT molecular complexity index is 145. The minimum atomic E-state index is -3.78. The molecule has 0 aliphatic heterocycles. The van der Waals surface area contributed by atoms with Gasteiger partial charge in [-0.2, -0.15) is 15.5 Å². The minimum Gasteiger partial charge on any atom is -0.664 e. The van der Waals surface area contributed by atoms with E-state index < -0.39 is 10.1 Å². The quantitative estimate of drug-likeness (QED) is 0.420. The van der Waals surface area contributed by atoms with E-state index in [4.69, 9.17) is 4.55 Å². The van der Waals surface area contributed by atoms with Gasteiger partial charge >= 0.3 is 17.1 Å². The molecule has 0 bridgehead atoms. The predicted octanol–water partition coefficient (Wildman–Crippen LogP) is 0.325. The van der Waals surface area contributed by atoms with Crippen LogP contribution in [-0.2, 0) is 27.2 Å². The predicted molar refractivity (Wildman–Crippen MR) is 37.0 cm³/mol. The summed E-state index contributed by atoms with van der Waals surface area (Å²) in [5.41, 5.74) is 0. The monoisotopic (exact) mass is 216 g/mol. The molecule has 10 heavy (non-hydrogen) atoms. The molecule has 0 aliphatic carbocycles. The van der Waals surface area contributed by atoms with Gasteiger partial charge in [0.05, 0.1) is 5.75 Å². The van der Waals surface area contributed by atoms with Crippen LogP contribution < -0.4 is 0 Å². The summed E-state index contributed by atoms with van der Waals surface area (Å²) >= 11 is 0. The Morgan fingerprint density at radius 3 is 2.00 bits per heavy atom. The topological polar surface area (TPSA) is 68.5 Å². The van der Waals surface area contributed by atoms with Crippen molar-refractivity contribution in [2.24, 2.45) is 0 Å². The molecule has 0 saturated heterocycles. The minimum absolute atomic E-state index is 0. The zero-order valence-electron chi connectivity index (χ0n) is 5.83. The molecule has 0 unspecified atom stereocenters. The van der Waals surface area contributed by atoms with Crippen LogP contribution in [0.1, 0.15) is 0 Å². The largest absolute Gasteiger partial charge is 2.00 e. The van der Waals surface area contributed by atoms with Crippen molar-refractivity contribution in [3.63, 3.8) is 0 Å². The van der Waals surface area contributed by atoms with Crippen LogP contribution in [0.5, 0.6) is 0 Å².